The van der Waals surface area contributed by atoms with Crippen molar-refractivity contribution in [3.8, 4) is 5.75 Å². The zero-order valence-electron chi connectivity index (χ0n) is 23.6. The number of halogens is 3. The summed E-state index contributed by atoms with van der Waals surface area (Å²) in [6.07, 6.45) is -1.99. The Hall–Kier alpha value is -3.82. The molecular weight excluding hydrogens is 541 g/mol. The first kappa shape index (κ1) is 29.7. The van der Waals surface area contributed by atoms with Crippen LogP contribution in [0.2, 0.25) is 0 Å². The smallest absolute Gasteiger partial charge is 0.416 e. The highest BCUT2D eigenvalue weighted by Crippen LogP contribution is 2.32. The van der Waals surface area contributed by atoms with Gasteiger partial charge in [-0.25, -0.2) is 0 Å². The topological polar surface area (TPSA) is 48.1 Å². The van der Waals surface area contributed by atoms with Crippen LogP contribution in [0.3, 0.4) is 0 Å². The second-order valence-electron chi connectivity index (χ2n) is 10.8. The summed E-state index contributed by atoms with van der Waals surface area (Å²) in [4.78, 5) is 19.9. The zero-order valence-corrected chi connectivity index (χ0v) is 23.6. The second kappa shape index (κ2) is 13.4. The standard InChI is InChI=1S/C33H37F3N4O2/c1-2-19-42-31-14-7-6-11-26(31)22-37-28-21-30(40(24-28)23-25-9-4-3-5-10-25)32(41)39-17-15-38(16-18-39)29-13-8-12-27(20-29)33(34,35)36/h2-14,20,28,30,37H,1,15-19,21-24H2/t28-,30+/m1/s1. The van der Waals surface area contributed by atoms with E-state index in [4.69, 9.17) is 4.74 Å². The summed E-state index contributed by atoms with van der Waals surface area (Å²) in [5, 5.41) is 3.65. The Balaban J connectivity index is 1.24. The summed E-state index contributed by atoms with van der Waals surface area (Å²) >= 11 is 0. The van der Waals surface area contributed by atoms with E-state index in [0.717, 1.165) is 29.5 Å². The summed E-state index contributed by atoms with van der Waals surface area (Å²) < 4.78 is 45.5. The Morgan fingerprint density at radius 3 is 2.45 bits per heavy atom. The molecule has 0 bridgehead atoms. The number of ether oxygens (including phenoxy) is 1. The molecule has 0 radical (unpaired) electrons. The van der Waals surface area contributed by atoms with Crippen LogP contribution in [0.5, 0.6) is 5.75 Å². The molecule has 0 aliphatic carbocycles. The molecule has 3 aromatic rings. The molecule has 5 rings (SSSR count). The predicted octanol–water partition coefficient (Wildman–Crippen LogP) is 5.35. The van der Waals surface area contributed by atoms with Crippen molar-refractivity contribution < 1.29 is 22.7 Å². The van der Waals surface area contributed by atoms with E-state index in [9.17, 15) is 18.0 Å². The van der Waals surface area contributed by atoms with Gasteiger partial charge >= 0.3 is 6.18 Å². The highest BCUT2D eigenvalue weighted by Gasteiger charge is 2.39. The van der Waals surface area contributed by atoms with Gasteiger partial charge in [-0.1, -0.05) is 67.3 Å². The molecule has 222 valence electrons. The number of carbonyl (C=O) groups is 1. The van der Waals surface area contributed by atoms with E-state index < -0.39 is 11.7 Å². The summed E-state index contributed by atoms with van der Waals surface area (Å²) in [5.74, 6) is 0.893. The number of hydrogen-bond donors (Lipinski definition) is 1. The molecule has 2 aliphatic heterocycles. The molecule has 2 saturated heterocycles. The van der Waals surface area contributed by atoms with E-state index in [1.54, 1.807) is 12.1 Å². The van der Waals surface area contributed by atoms with Crippen molar-refractivity contribution in [3.05, 3.63) is 108 Å². The maximum Gasteiger partial charge on any atom is 0.416 e. The summed E-state index contributed by atoms with van der Waals surface area (Å²) in [5.41, 5.74) is 2.07. The molecule has 0 unspecified atom stereocenters. The van der Waals surface area contributed by atoms with Crippen LogP contribution in [0.1, 0.15) is 23.1 Å². The second-order valence-corrected chi connectivity index (χ2v) is 10.8. The van der Waals surface area contributed by atoms with E-state index >= 15 is 0 Å². The van der Waals surface area contributed by atoms with Crippen LogP contribution in [-0.2, 0) is 24.1 Å². The third-order valence-corrected chi connectivity index (χ3v) is 7.96. The summed E-state index contributed by atoms with van der Waals surface area (Å²) in [7, 11) is 0. The minimum atomic E-state index is -4.39. The van der Waals surface area contributed by atoms with Crippen LogP contribution in [-0.4, -0.2) is 67.1 Å². The van der Waals surface area contributed by atoms with Crippen molar-refractivity contribution in [1.82, 2.24) is 15.1 Å². The SMILES string of the molecule is C=CCOc1ccccc1CN[C@@H]1C[C@@H](C(=O)N2CCN(c3cccc(C(F)(F)F)c3)CC2)N(Cc2ccccc2)C1. The van der Waals surface area contributed by atoms with Gasteiger partial charge in [0.2, 0.25) is 5.91 Å². The number of nitrogens with one attached hydrogen (secondary N) is 1. The highest BCUT2D eigenvalue weighted by atomic mass is 19.4. The number of amides is 1. The van der Waals surface area contributed by atoms with E-state index in [-0.39, 0.29) is 18.0 Å². The molecule has 0 aromatic heterocycles. The van der Waals surface area contributed by atoms with Crippen LogP contribution >= 0.6 is 0 Å². The van der Waals surface area contributed by atoms with Crippen molar-refractivity contribution in [2.75, 3.05) is 44.2 Å². The average molecular weight is 579 g/mol. The van der Waals surface area contributed by atoms with Gasteiger partial charge in [0.05, 0.1) is 11.6 Å². The fourth-order valence-corrected chi connectivity index (χ4v) is 5.77. The number of para-hydroxylation sites is 1. The van der Waals surface area contributed by atoms with E-state index in [1.807, 2.05) is 52.3 Å². The number of carbonyl (C=O) groups excluding carboxylic acids is 1. The van der Waals surface area contributed by atoms with Gasteiger partial charge in [0.1, 0.15) is 12.4 Å². The number of rotatable bonds is 10. The average Bonchev–Trinajstić information content (AvgIpc) is 3.41. The Labute approximate surface area is 245 Å². The molecule has 2 fully saturated rings. The molecule has 0 saturated carbocycles. The quantitative estimate of drug-likeness (QED) is 0.329. The summed E-state index contributed by atoms with van der Waals surface area (Å²) in [6.45, 7) is 8.09. The van der Waals surface area contributed by atoms with Gasteiger partial charge in [-0.05, 0) is 36.2 Å². The fourth-order valence-electron chi connectivity index (χ4n) is 5.77. The Morgan fingerprint density at radius 1 is 0.976 bits per heavy atom. The number of benzene rings is 3. The van der Waals surface area contributed by atoms with Crippen LogP contribution in [0.15, 0.2) is 91.5 Å². The molecule has 9 heteroatoms. The van der Waals surface area contributed by atoms with E-state index in [1.165, 1.54) is 12.1 Å². The lowest BCUT2D eigenvalue weighted by Gasteiger charge is -2.38. The number of likely N-dealkylation sites (tertiary alicyclic amines) is 1. The fraction of sp³-hybridized carbons (Fsp3) is 0.364. The minimum absolute atomic E-state index is 0.0774. The molecule has 2 heterocycles. The largest absolute Gasteiger partial charge is 0.489 e. The number of anilines is 1. The molecule has 1 amide bonds. The molecule has 42 heavy (non-hydrogen) atoms. The lowest BCUT2D eigenvalue weighted by molar-refractivity contribution is -0.137. The number of nitrogens with zero attached hydrogens (tertiary/aromatic N) is 3. The molecular formula is C33H37F3N4O2. The van der Waals surface area contributed by atoms with Crippen LogP contribution in [0.4, 0.5) is 18.9 Å². The number of hydrogen-bond acceptors (Lipinski definition) is 5. The Morgan fingerprint density at radius 2 is 1.71 bits per heavy atom. The number of alkyl halides is 3. The van der Waals surface area contributed by atoms with Crippen molar-refractivity contribution in [3.63, 3.8) is 0 Å². The van der Waals surface area contributed by atoms with Gasteiger partial charge in [0.15, 0.2) is 0 Å². The minimum Gasteiger partial charge on any atom is -0.489 e. The maximum atomic E-state index is 13.9. The van der Waals surface area contributed by atoms with Gasteiger partial charge in [-0.15, -0.1) is 0 Å². The van der Waals surface area contributed by atoms with Crippen molar-refractivity contribution >= 4 is 11.6 Å². The first-order valence-electron chi connectivity index (χ1n) is 14.4. The van der Waals surface area contributed by atoms with Gasteiger partial charge in [-0.2, -0.15) is 13.2 Å². The predicted molar refractivity (Wildman–Crippen MR) is 158 cm³/mol. The van der Waals surface area contributed by atoms with Gasteiger partial charge < -0.3 is 19.9 Å². The molecule has 2 atom stereocenters. The maximum absolute atomic E-state index is 13.9. The number of piperazine rings is 1. The van der Waals surface area contributed by atoms with Gasteiger partial charge in [0, 0.05) is 63.1 Å². The molecule has 3 aromatic carbocycles. The zero-order chi connectivity index (χ0) is 29.5. The molecule has 0 spiro atoms. The first-order valence-corrected chi connectivity index (χ1v) is 14.4. The molecule has 1 N–H and O–H groups in total. The van der Waals surface area contributed by atoms with E-state index in [2.05, 4.69) is 28.9 Å². The van der Waals surface area contributed by atoms with Crippen molar-refractivity contribution in [2.45, 2.75) is 37.8 Å². The third-order valence-electron chi connectivity index (χ3n) is 7.96. The highest BCUT2D eigenvalue weighted by molar-refractivity contribution is 5.82. The van der Waals surface area contributed by atoms with Crippen LogP contribution < -0.4 is 15.0 Å². The lowest BCUT2D eigenvalue weighted by atomic mass is 10.1. The van der Waals surface area contributed by atoms with Crippen LogP contribution in [0, 0.1) is 0 Å². The first-order chi connectivity index (χ1) is 20.3. The monoisotopic (exact) mass is 578 g/mol. The lowest BCUT2D eigenvalue weighted by Crippen LogP contribution is -2.53. The van der Waals surface area contributed by atoms with Crippen molar-refractivity contribution in [1.29, 1.82) is 0 Å². The Kier molecular flexibility index (Phi) is 9.49. The Bertz CT molecular complexity index is 1340. The summed E-state index contributed by atoms with van der Waals surface area (Å²) in [6, 6.07) is 23.3. The van der Waals surface area contributed by atoms with Crippen molar-refractivity contribution in [2.24, 2.45) is 0 Å². The normalized spacial score (nSPS) is 19.6. The molecule has 2 aliphatic rings. The van der Waals surface area contributed by atoms with E-state index in [0.29, 0.717) is 58.0 Å². The van der Waals surface area contributed by atoms with Crippen LogP contribution in [0.25, 0.3) is 0 Å². The van der Waals surface area contributed by atoms with Gasteiger partial charge in [0.25, 0.3) is 0 Å². The van der Waals surface area contributed by atoms with Gasteiger partial charge in [-0.3, -0.25) is 9.69 Å². The third kappa shape index (κ3) is 7.33. The molecule has 6 nitrogen and oxygen atoms in total.